The molecule has 3 N–H and O–H groups in total. The Labute approximate surface area is 263 Å². The number of hydrogen-bond acceptors (Lipinski definition) is 5. The van der Waals surface area contributed by atoms with E-state index in [4.69, 9.17) is 12.2 Å². The van der Waals surface area contributed by atoms with E-state index in [1.807, 2.05) is 84.9 Å². The number of amides is 2. The van der Waals surface area contributed by atoms with Gasteiger partial charge in [-0.2, -0.15) is 0 Å². The van der Waals surface area contributed by atoms with Gasteiger partial charge in [-0.3, -0.25) is 20.2 Å². The smallest absolute Gasteiger partial charge is 0.257 e. The molecule has 0 spiro atoms. The van der Waals surface area contributed by atoms with Gasteiger partial charge in [-0.1, -0.05) is 102 Å². The number of thiocarbonyl (C=S) groups is 1. The van der Waals surface area contributed by atoms with Crippen molar-refractivity contribution in [2.24, 2.45) is 0 Å². The summed E-state index contributed by atoms with van der Waals surface area (Å²) < 4.78 is 1.07. The molecule has 0 aliphatic rings. The summed E-state index contributed by atoms with van der Waals surface area (Å²) in [7, 11) is 0. The summed E-state index contributed by atoms with van der Waals surface area (Å²) in [5.74, 6) is -0.358. The lowest BCUT2D eigenvalue weighted by Crippen LogP contribution is -2.34. The molecule has 8 heteroatoms. The predicted octanol–water partition coefficient (Wildman–Crippen LogP) is 8.67. The molecule has 44 heavy (non-hydrogen) atoms. The number of anilines is 2. The summed E-state index contributed by atoms with van der Waals surface area (Å²) >= 11 is 6.68. The highest BCUT2D eigenvalue weighted by Gasteiger charge is 2.10. The monoisotopic (exact) mass is 610 g/mol. The zero-order chi connectivity index (χ0) is 30.3. The number of fused-ring (bicyclic) bond motifs is 3. The minimum absolute atomic E-state index is 0.135. The molecule has 1 aromatic heterocycles. The second-order valence-electron chi connectivity index (χ2n) is 9.84. The van der Waals surface area contributed by atoms with Gasteiger partial charge in [0.1, 0.15) is 0 Å². The van der Waals surface area contributed by atoms with E-state index in [0.29, 0.717) is 16.3 Å². The minimum Gasteiger partial charge on any atom is -0.332 e. The average Bonchev–Trinajstić information content (AvgIpc) is 3.45. The molecule has 214 valence electrons. The van der Waals surface area contributed by atoms with Crippen LogP contribution in [-0.2, 0) is 0 Å². The highest BCUT2D eigenvalue weighted by Crippen LogP contribution is 2.30. The van der Waals surface area contributed by atoms with E-state index in [1.54, 1.807) is 24.3 Å². The van der Waals surface area contributed by atoms with E-state index in [0.717, 1.165) is 32.1 Å². The second kappa shape index (κ2) is 13.2. The highest BCUT2D eigenvalue weighted by molar-refractivity contribution is 7.80. The molecule has 0 aliphatic carbocycles. The Morgan fingerprint density at radius 2 is 1.11 bits per heavy atom. The van der Waals surface area contributed by atoms with Gasteiger partial charge in [-0.05, 0) is 82.3 Å². The molecular weight excluding hydrogens is 585 g/mol. The molecule has 0 fully saturated rings. The number of nitrogens with zero attached hydrogens (tertiary/aromatic N) is 1. The number of nitrogens with one attached hydrogen (secondary N) is 3. The quantitative estimate of drug-likeness (QED) is 0.174. The fraction of sp³-hybridized carbons (Fsp3) is 0. The number of thiazole rings is 1. The molecule has 0 unspecified atom stereocenters. The van der Waals surface area contributed by atoms with Crippen LogP contribution in [0.3, 0.4) is 0 Å². The molecule has 7 rings (SSSR count). The minimum atomic E-state index is -0.223. The third-order valence-corrected chi connectivity index (χ3v) is 7.92. The zero-order valence-electron chi connectivity index (χ0n) is 23.4. The van der Waals surface area contributed by atoms with E-state index in [-0.39, 0.29) is 16.9 Å². The van der Waals surface area contributed by atoms with E-state index >= 15 is 0 Å². The lowest BCUT2D eigenvalue weighted by atomic mass is 10.1. The Morgan fingerprint density at radius 3 is 1.77 bits per heavy atom. The van der Waals surface area contributed by atoms with Crippen molar-refractivity contribution in [3.8, 4) is 0 Å². The van der Waals surface area contributed by atoms with Crippen LogP contribution in [0, 0.1) is 0 Å². The first kappa shape index (κ1) is 28.7. The molecule has 0 saturated carbocycles. The van der Waals surface area contributed by atoms with E-state index in [2.05, 4.69) is 51.3 Å². The molecule has 7 aromatic rings. The van der Waals surface area contributed by atoms with Gasteiger partial charge in [-0.25, -0.2) is 4.98 Å². The molecule has 1 heterocycles. The van der Waals surface area contributed by atoms with E-state index in [1.165, 1.54) is 16.7 Å². The summed E-state index contributed by atoms with van der Waals surface area (Å²) in [5.41, 5.74) is 2.96. The van der Waals surface area contributed by atoms with Crippen molar-refractivity contribution in [1.29, 1.82) is 0 Å². The predicted molar refractivity (Wildman–Crippen MR) is 186 cm³/mol. The normalized spacial score (nSPS) is 10.5. The zero-order valence-corrected chi connectivity index (χ0v) is 25.0. The first-order valence-corrected chi connectivity index (χ1v) is 15.1. The number of aromatic nitrogens is 1. The van der Waals surface area contributed by atoms with Crippen LogP contribution in [-0.4, -0.2) is 21.9 Å². The number of rotatable bonds is 4. The van der Waals surface area contributed by atoms with Crippen molar-refractivity contribution in [3.05, 3.63) is 151 Å². The maximum atomic E-state index is 12.2. The van der Waals surface area contributed by atoms with E-state index < -0.39 is 0 Å². The summed E-state index contributed by atoms with van der Waals surface area (Å²) in [6.07, 6.45) is 0. The summed E-state index contributed by atoms with van der Waals surface area (Å²) in [6.45, 7) is 0. The molecule has 0 atom stereocenters. The first-order chi connectivity index (χ1) is 21.5. The van der Waals surface area contributed by atoms with Crippen molar-refractivity contribution in [2.45, 2.75) is 0 Å². The lowest BCUT2D eigenvalue weighted by Gasteiger charge is -2.10. The molecule has 6 nitrogen and oxygen atoms in total. The van der Waals surface area contributed by atoms with Gasteiger partial charge in [0.2, 0.25) is 0 Å². The summed E-state index contributed by atoms with van der Waals surface area (Å²) in [5, 5.41) is 14.1. The second-order valence-corrected chi connectivity index (χ2v) is 11.3. The number of carbonyl (C=O) groups is 2. The first-order valence-electron chi connectivity index (χ1n) is 13.8. The van der Waals surface area contributed by atoms with E-state index in [9.17, 15) is 9.59 Å². The fourth-order valence-corrected chi connectivity index (χ4v) is 5.72. The topological polar surface area (TPSA) is 83.1 Å². The van der Waals surface area contributed by atoms with Crippen LogP contribution in [0.4, 0.5) is 10.8 Å². The van der Waals surface area contributed by atoms with Gasteiger partial charge in [0, 0.05) is 16.8 Å². The largest absolute Gasteiger partial charge is 0.332 e. The molecule has 0 bridgehead atoms. The Balaban J connectivity index is 0.000000156. The molecular formula is C36H26N4O2S2. The average molecular weight is 611 g/mol. The van der Waals surface area contributed by atoms with Gasteiger partial charge in [0.25, 0.3) is 11.8 Å². The van der Waals surface area contributed by atoms with Crippen molar-refractivity contribution in [2.75, 3.05) is 10.6 Å². The molecule has 0 radical (unpaired) electrons. The van der Waals surface area contributed by atoms with Crippen LogP contribution in [0.25, 0.3) is 31.8 Å². The maximum absolute atomic E-state index is 12.2. The molecule has 2 amide bonds. The maximum Gasteiger partial charge on any atom is 0.257 e. The van der Waals surface area contributed by atoms with Crippen LogP contribution in [0.5, 0.6) is 0 Å². The number of hydrogen-bond donors (Lipinski definition) is 3. The molecule has 6 aromatic carbocycles. The van der Waals surface area contributed by atoms with Gasteiger partial charge in [0.05, 0.1) is 10.2 Å². The van der Waals surface area contributed by atoms with Crippen LogP contribution >= 0.6 is 23.6 Å². The van der Waals surface area contributed by atoms with Crippen molar-refractivity contribution >= 4 is 83.1 Å². The third kappa shape index (κ3) is 6.95. The summed E-state index contributed by atoms with van der Waals surface area (Å²) in [4.78, 5) is 28.7. The van der Waals surface area contributed by atoms with Crippen LogP contribution in [0.2, 0.25) is 0 Å². The van der Waals surface area contributed by atoms with Crippen LogP contribution < -0.4 is 16.0 Å². The van der Waals surface area contributed by atoms with Crippen molar-refractivity contribution in [1.82, 2.24) is 10.3 Å². The Hall–Kier alpha value is -5.44. The molecule has 0 saturated heterocycles. The standard InChI is InChI=1S/C18H12N2OS.C18H14N2OS/c21-17(12-6-2-1-3-7-12)20-18-19-15-10-13-8-4-5-9-14(13)11-16(15)22-18;21-17(14-7-2-1-3-8-14)20-18(22)19-16-11-10-13-6-4-5-9-15(13)12-16/h1-11H,(H,19,20,21);1-12H,(H2,19,20,21,22). The van der Waals surface area contributed by atoms with Gasteiger partial charge < -0.3 is 5.32 Å². The SMILES string of the molecule is O=C(NC(=S)Nc1ccc2ccccc2c1)c1ccccc1.O=C(Nc1nc2cc3ccccc3cc2s1)c1ccccc1. The fourth-order valence-electron chi connectivity index (χ4n) is 4.62. The van der Waals surface area contributed by atoms with Gasteiger partial charge in [0.15, 0.2) is 10.2 Å². The lowest BCUT2D eigenvalue weighted by molar-refractivity contribution is 0.0976. The Kier molecular flexibility index (Phi) is 8.63. The van der Waals surface area contributed by atoms with Gasteiger partial charge >= 0.3 is 0 Å². The molecule has 0 aliphatic heterocycles. The van der Waals surface area contributed by atoms with Crippen molar-refractivity contribution < 1.29 is 9.59 Å². The summed E-state index contributed by atoms with van der Waals surface area (Å²) in [6, 6.07) is 44.5. The third-order valence-electron chi connectivity index (χ3n) is 6.78. The number of benzene rings is 6. The Morgan fingerprint density at radius 1 is 0.568 bits per heavy atom. The Bertz CT molecular complexity index is 2060. The van der Waals surface area contributed by atoms with Crippen LogP contribution in [0.15, 0.2) is 140 Å². The highest BCUT2D eigenvalue weighted by atomic mass is 32.1. The van der Waals surface area contributed by atoms with Crippen LogP contribution in [0.1, 0.15) is 20.7 Å². The van der Waals surface area contributed by atoms with Crippen molar-refractivity contribution in [3.63, 3.8) is 0 Å². The number of carbonyl (C=O) groups excluding carboxylic acids is 2. The van der Waals surface area contributed by atoms with Gasteiger partial charge in [-0.15, -0.1) is 0 Å².